The number of phenols is 3. The Balaban J connectivity index is 0.000000248. The third-order valence-electron chi connectivity index (χ3n) is 5.02. The van der Waals surface area contributed by atoms with Gasteiger partial charge in [-0.05, 0) is 80.8 Å². The molecule has 3 rings (SSSR count). The Bertz CT molecular complexity index is 1170. The van der Waals surface area contributed by atoms with Crippen LogP contribution in [0.4, 0.5) is 0 Å². The van der Waals surface area contributed by atoms with Gasteiger partial charge in [0.1, 0.15) is 23.0 Å². The molecule has 0 aliphatic carbocycles. The van der Waals surface area contributed by atoms with Crippen molar-refractivity contribution in [3.05, 3.63) is 94.6 Å². The van der Waals surface area contributed by atoms with Crippen molar-refractivity contribution in [3.8, 4) is 23.0 Å². The smallest absolute Gasteiger partial charge is 0.170 e. The zero-order valence-electron chi connectivity index (χ0n) is 19.8. The highest BCUT2D eigenvalue weighted by Crippen LogP contribution is 2.24. The minimum Gasteiger partial charge on any atom is -0.508 e. The SMILES string of the molecule is CC(=O)c1ccc(O)c(CC=C(C)C)c1.COc1ccc(CC(=O)c2ccc(O)cc2O)cc1. The predicted molar refractivity (Wildman–Crippen MR) is 132 cm³/mol. The van der Waals surface area contributed by atoms with E-state index >= 15 is 0 Å². The van der Waals surface area contributed by atoms with Gasteiger partial charge in [-0.15, -0.1) is 0 Å². The summed E-state index contributed by atoms with van der Waals surface area (Å²) >= 11 is 0. The first-order valence-corrected chi connectivity index (χ1v) is 10.7. The molecular weight excluding hydrogens is 432 g/mol. The van der Waals surface area contributed by atoms with Crippen molar-refractivity contribution < 1.29 is 29.6 Å². The van der Waals surface area contributed by atoms with E-state index in [4.69, 9.17) is 4.74 Å². The molecule has 178 valence electrons. The molecule has 34 heavy (non-hydrogen) atoms. The molecule has 3 aromatic rings. The fourth-order valence-electron chi connectivity index (χ4n) is 3.06. The van der Waals surface area contributed by atoms with E-state index in [1.165, 1.54) is 24.6 Å². The lowest BCUT2D eigenvalue weighted by atomic mass is 10.0. The third kappa shape index (κ3) is 7.81. The number of hydrogen-bond acceptors (Lipinski definition) is 6. The summed E-state index contributed by atoms with van der Waals surface area (Å²) < 4.78 is 5.04. The summed E-state index contributed by atoms with van der Waals surface area (Å²) in [6.07, 6.45) is 2.87. The van der Waals surface area contributed by atoms with Gasteiger partial charge in [0.05, 0.1) is 12.7 Å². The Morgan fingerprint density at radius 3 is 2.09 bits per heavy atom. The van der Waals surface area contributed by atoms with Gasteiger partial charge in [-0.3, -0.25) is 9.59 Å². The molecule has 0 bridgehead atoms. The zero-order chi connectivity index (χ0) is 25.3. The first-order chi connectivity index (χ1) is 16.1. The number of hydrogen-bond donors (Lipinski definition) is 3. The van der Waals surface area contributed by atoms with Crippen molar-refractivity contribution in [1.82, 2.24) is 0 Å². The van der Waals surface area contributed by atoms with Crippen LogP contribution >= 0.6 is 0 Å². The van der Waals surface area contributed by atoms with Crippen LogP contribution in [0.2, 0.25) is 0 Å². The van der Waals surface area contributed by atoms with Crippen molar-refractivity contribution >= 4 is 11.6 Å². The number of phenolic OH excluding ortho intramolecular Hbond substituents is 3. The van der Waals surface area contributed by atoms with Gasteiger partial charge in [-0.1, -0.05) is 23.8 Å². The summed E-state index contributed by atoms with van der Waals surface area (Å²) in [5.41, 5.74) is 3.67. The van der Waals surface area contributed by atoms with Crippen LogP contribution in [0.3, 0.4) is 0 Å². The van der Waals surface area contributed by atoms with Crippen LogP contribution in [-0.4, -0.2) is 34.0 Å². The fraction of sp³-hybridized carbons (Fsp3) is 0.214. The van der Waals surface area contributed by atoms with Gasteiger partial charge in [0.15, 0.2) is 11.6 Å². The maximum absolute atomic E-state index is 12.0. The second-order valence-corrected chi connectivity index (χ2v) is 8.03. The van der Waals surface area contributed by atoms with Gasteiger partial charge in [-0.2, -0.15) is 0 Å². The number of rotatable bonds is 7. The predicted octanol–water partition coefficient (Wildman–Crippen LogP) is 5.64. The van der Waals surface area contributed by atoms with Crippen LogP contribution in [0.25, 0.3) is 0 Å². The molecule has 0 saturated carbocycles. The highest BCUT2D eigenvalue weighted by molar-refractivity contribution is 6.00. The second-order valence-electron chi connectivity index (χ2n) is 8.03. The van der Waals surface area contributed by atoms with Crippen LogP contribution in [0.1, 0.15) is 52.6 Å². The van der Waals surface area contributed by atoms with Gasteiger partial charge in [0, 0.05) is 18.1 Å². The van der Waals surface area contributed by atoms with E-state index < -0.39 is 0 Å². The van der Waals surface area contributed by atoms with Gasteiger partial charge >= 0.3 is 0 Å². The number of aromatic hydroxyl groups is 3. The summed E-state index contributed by atoms with van der Waals surface area (Å²) in [7, 11) is 1.58. The molecule has 3 aromatic carbocycles. The summed E-state index contributed by atoms with van der Waals surface area (Å²) in [6.45, 7) is 5.54. The summed E-state index contributed by atoms with van der Waals surface area (Å²) in [5.74, 6) is 0.509. The molecular formula is C28H30O6. The topological polar surface area (TPSA) is 104 Å². The van der Waals surface area contributed by atoms with E-state index in [9.17, 15) is 24.9 Å². The number of allylic oxidation sites excluding steroid dienone is 2. The normalized spacial score (nSPS) is 10.0. The number of benzene rings is 3. The van der Waals surface area contributed by atoms with E-state index in [0.717, 1.165) is 22.9 Å². The summed E-state index contributed by atoms with van der Waals surface area (Å²) in [6, 6.07) is 16.1. The Labute approximate surface area is 199 Å². The molecule has 0 amide bonds. The van der Waals surface area contributed by atoms with Crippen molar-refractivity contribution in [3.63, 3.8) is 0 Å². The molecule has 6 heteroatoms. The van der Waals surface area contributed by atoms with Gasteiger partial charge < -0.3 is 20.1 Å². The van der Waals surface area contributed by atoms with Crippen molar-refractivity contribution in [1.29, 1.82) is 0 Å². The first kappa shape index (κ1) is 26.2. The number of ketones is 2. The molecule has 6 nitrogen and oxygen atoms in total. The summed E-state index contributed by atoms with van der Waals surface area (Å²) in [5, 5.41) is 28.4. The largest absolute Gasteiger partial charge is 0.508 e. The highest BCUT2D eigenvalue weighted by Gasteiger charge is 2.12. The van der Waals surface area contributed by atoms with Crippen LogP contribution in [0.15, 0.2) is 72.3 Å². The molecule has 0 aliphatic rings. The Hall–Kier alpha value is -4.06. The number of methoxy groups -OCH3 is 1. The van der Waals surface area contributed by atoms with E-state index in [1.807, 2.05) is 19.9 Å². The average molecular weight is 463 g/mol. The lowest BCUT2D eigenvalue weighted by Gasteiger charge is -2.05. The van der Waals surface area contributed by atoms with E-state index in [2.05, 4.69) is 0 Å². The maximum atomic E-state index is 12.0. The van der Waals surface area contributed by atoms with Crippen LogP contribution in [-0.2, 0) is 12.8 Å². The molecule has 3 N–H and O–H groups in total. The Kier molecular flexibility index (Phi) is 9.44. The molecule has 0 aromatic heterocycles. The lowest BCUT2D eigenvalue weighted by molar-refractivity contribution is 0.0987. The summed E-state index contributed by atoms with van der Waals surface area (Å²) in [4.78, 5) is 23.2. The molecule has 0 unspecified atom stereocenters. The monoisotopic (exact) mass is 462 g/mol. The molecule has 0 radical (unpaired) electrons. The Morgan fingerprint density at radius 2 is 1.53 bits per heavy atom. The Morgan fingerprint density at radius 1 is 0.853 bits per heavy atom. The van der Waals surface area contributed by atoms with Crippen molar-refractivity contribution in [2.75, 3.05) is 7.11 Å². The molecule has 0 heterocycles. The maximum Gasteiger partial charge on any atom is 0.170 e. The zero-order valence-corrected chi connectivity index (χ0v) is 19.8. The van der Waals surface area contributed by atoms with Crippen molar-refractivity contribution in [2.45, 2.75) is 33.6 Å². The lowest BCUT2D eigenvalue weighted by Crippen LogP contribution is -2.03. The number of carbonyl (C=O) groups is 2. The van der Waals surface area contributed by atoms with E-state index in [1.54, 1.807) is 49.6 Å². The van der Waals surface area contributed by atoms with Gasteiger partial charge in [0.2, 0.25) is 0 Å². The van der Waals surface area contributed by atoms with Crippen LogP contribution in [0.5, 0.6) is 23.0 Å². The standard InChI is InChI=1S/C15H14O4.C13H16O2/c1-19-12-5-2-10(3-6-12)8-14(17)13-7-4-11(16)9-15(13)18;1-9(2)4-5-12-8-11(10(3)14)6-7-13(12)15/h2-7,9,16,18H,8H2,1H3;4,6-8,15H,5H2,1-3H3. The van der Waals surface area contributed by atoms with E-state index in [-0.39, 0.29) is 40.8 Å². The quantitative estimate of drug-likeness (QED) is 0.310. The van der Waals surface area contributed by atoms with Crippen LogP contribution in [0, 0.1) is 0 Å². The average Bonchev–Trinajstić information content (AvgIpc) is 2.79. The number of carbonyl (C=O) groups excluding carboxylic acids is 2. The molecule has 0 atom stereocenters. The fourth-order valence-corrected chi connectivity index (χ4v) is 3.06. The minimum absolute atomic E-state index is 0.0217. The molecule has 0 aliphatic heterocycles. The third-order valence-corrected chi connectivity index (χ3v) is 5.02. The molecule has 0 fully saturated rings. The second kappa shape index (κ2) is 12.3. The van der Waals surface area contributed by atoms with Gasteiger partial charge in [0.25, 0.3) is 0 Å². The minimum atomic E-state index is -0.210. The van der Waals surface area contributed by atoms with E-state index in [0.29, 0.717) is 12.0 Å². The molecule has 0 saturated heterocycles. The first-order valence-electron chi connectivity index (χ1n) is 10.7. The van der Waals surface area contributed by atoms with Crippen molar-refractivity contribution in [2.24, 2.45) is 0 Å². The molecule has 0 spiro atoms. The number of ether oxygens (including phenoxy) is 1. The van der Waals surface area contributed by atoms with Gasteiger partial charge in [-0.25, -0.2) is 0 Å². The number of Topliss-reactive ketones (excluding diaryl/α,β-unsaturated/α-hetero) is 2. The highest BCUT2D eigenvalue weighted by atomic mass is 16.5. The van der Waals surface area contributed by atoms with Crippen LogP contribution < -0.4 is 4.74 Å².